The average molecular weight is 331 g/mol. The van der Waals surface area contributed by atoms with Gasteiger partial charge in [-0.3, -0.25) is 0 Å². The summed E-state index contributed by atoms with van der Waals surface area (Å²) in [5, 5.41) is 13.7. The standard InChI is InChI=1S/C17H24F3NO2/c1-2-4-15(21-12-16(22)7-9-23-10-8-16)13-5-3-6-14(11-13)17(18,19)20/h3,5-6,11,15,21-22H,2,4,7-10,12H2,1H3. The molecule has 1 aromatic rings. The van der Waals surface area contributed by atoms with Crippen molar-refractivity contribution in [3.63, 3.8) is 0 Å². The molecule has 23 heavy (non-hydrogen) atoms. The lowest BCUT2D eigenvalue weighted by atomic mass is 9.93. The number of hydrogen-bond donors (Lipinski definition) is 2. The van der Waals surface area contributed by atoms with Gasteiger partial charge in [0.1, 0.15) is 0 Å². The Morgan fingerprint density at radius 3 is 2.61 bits per heavy atom. The topological polar surface area (TPSA) is 41.5 Å². The Bertz CT molecular complexity index is 499. The highest BCUT2D eigenvalue weighted by atomic mass is 19.4. The predicted octanol–water partition coefficient (Wildman–Crippen LogP) is 3.68. The second kappa shape index (κ2) is 7.64. The van der Waals surface area contributed by atoms with E-state index in [4.69, 9.17) is 4.74 Å². The molecule has 1 aliphatic rings. The van der Waals surface area contributed by atoms with E-state index in [1.54, 1.807) is 6.07 Å². The van der Waals surface area contributed by atoms with E-state index in [0.29, 0.717) is 44.6 Å². The van der Waals surface area contributed by atoms with Gasteiger partial charge in [-0.2, -0.15) is 13.2 Å². The minimum Gasteiger partial charge on any atom is -0.388 e. The number of benzene rings is 1. The van der Waals surface area contributed by atoms with Crippen LogP contribution in [-0.2, 0) is 10.9 Å². The molecule has 1 unspecified atom stereocenters. The molecular weight excluding hydrogens is 307 g/mol. The lowest BCUT2D eigenvalue weighted by Crippen LogP contribution is -2.45. The van der Waals surface area contributed by atoms with E-state index in [9.17, 15) is 18.3 Å². The molecule has 0 saturated carbocycles. The van der Waals surface area contributed by atoms with Gasteiger partial charge in [0.25, 0.3) is 0 Å². The van der Waals surface area contributed by atoms with Crippen LogP contribution < -0.4 is 5.32 Å². The third-order valence-corrected chi connectivity index (χ3v) is 4.29. The van der Waals surface area contributed by atoms with Gasteiger partial charge in [0.15, 0.2) is 0 Å². The van der Waals surface area contributed by atoms with Gasteiger partial charge >= 0.3 is 6.18 Å². The molecule has 130 valence electrons. The molecule has 0 aliphatic carbocycles. The number of hydrogen-bond acceptors (Lipinski definition) is 3. The second-order valence-electron chi connectivity index (χ2n) is 6.18. The summed E-state index contributed by atoms with van der Waals surface area (Å²) in [6, 6.07) is 5.22. The predicted molar refractivity (Wildman–Crippen MR) is 82.1 cm³/mol. The lowest BCUT2D eigenvalue weighted by Gasteiger charge is -2.34. The fourth-order valence-corrected chi connectivity index (χ4v) is 2.85. The molecular formula is C17H24F3NO2. The van der Waals surface area contributed by atoms with Gasteiger partial charge in [-0.05, 0) is 24.1 Å². The number of nitrogens with one attached hydrogen (secondary N) is 1. The van der Waals surface area contributed by atoms with Crippen molar-refractivity contribution in [2.24, 2.45) is 0 Å². The van der Waals surface area contributed by atoms with E-state index < -0.39 is 17.3 Å². The summed E-state index contributed by atoms with van der Waals surface area (Å²) in [5.41, 5.74) is -0.869. The number of alkyl halides is 3. The Morgan fingerprint density at radius 1 is 1.30 bits per heavy atom. The maximum atomic E-state index is 12.9. The fourth-order valence-electron chi connectivity index (χ4n) is 2.85. The summed E-state index contributed by atoms with van der Waals surface area (Å²) in [6.07, 6.45) is -1.70. The first-order valence-electron chi connectivity index (χ1n) is 8.05. The Morgan fingerprint density at radius 2 is 2.00 bits per heavy atom. The molecule has 0 radical (unpaired) electrons. The quantitative estimate of drug-likeness (QED) is 0.835. The minimum absolute atomic E-state index is 0.200. The van der Waals surface area contributed by atoms with Crippen LogP contribution in [0.25, 0.3) is 0 Å². The largest absolute Gasteiger partial charge is 0.416 e. The summed E-state index contributed by atoms with van der Waals surface area (Å²) >= 11 is 0. The highest BCUT2D eigenvalue weighted by Gasteiger charge is 2.32. The maximum Gasteiger partial charge on any atom is 0.416 e. The number of ether oxygens (including phenoxy) is 1. The van der Waals surface area contributed by atoms with Crippen LogP contribution in [0.4, 0.5) is 13.2 Å². The minimum atomic E-state index is -4.34. The normalized spacial score (nSPS) is 19.5. The van der Waals surface area contributed by atoms with Crippen LogP contribution in [0.2, 0.25) is 0 Å². The Labute approximate surface area is 134 Å². The van der Waals surface area contributed by atoms with Crippen molar-refractivity contribution in [2.45, 2.75) is 50.4 Å². The molecule has 2 rings (SSSR count). The van der Waals surface area contributed by atoms with Crippen molar-refractivity contribution in [3.8, 4) is 0 Å². The number of aliphatic hydroxyl groups is 1. The van der Waals surface area contributed by atoms with Crippen molar-refractivity contribution < 1.29 is 23.0 Å². The van der Waals surface area contributed by atoms with Gasteiger partial charge in [-0.1, -0.05) is 25.5 Å². The molecule has 1 aliphatic heterocycles. The molecule has 1 atom stereocenters. The van der Waals surface area contributed by atoms with E-state index in [2.05, 4.69) is 5.32 Å². The molecule has 2 N–H and O–H groups in total. The molecule has 1 heterocycles. The van der Waals surface area contributed by atoms with Crippen LogP contribution in [0.5, 0.6) is 0 Å². The molecule has 0 spiro atoms. The van der Waals surface area contributed by atoms with Crippen molar-refractivity contribution >= 4 is 0 Å². The first kappa shape index (κ1) is 18.2. The van der Waals surface area contributed by atoms with Gasteiger partial charge < -0.3 is 15.2 Å². The highest BCUT2D eigenvalue weighted by Crippen LogP contribution is 2.32. The van der Waals surface area contributed by atoms with E-state index in [1.165, 1.54) is 12.1 Å². The SMILES string of the molecule is CCCC(NCC1(O)CCOCC1)c1cccc(C(F)(F)F)c1. The third kappa shape index (κ3) is 5.19. The molecule has 1 saturated heterocycles. The Balaban J connectivity index is 2.08. The van der Waals surface area contributed by atoms with E-state index >= 15 is 0 Å². The van der Waals surface area contributed by atoms with Gasteiger partial charge in [-0.25, -0.2) is 0 Å². The van der Waals surface area contributed by atoms with E-state index in [-0.39, 0.29) is 6.04 Å². The lowest BCUT2D eigenvalue weighted by molar-refractivity contribution is -0.137. The van der Waals surface area contributed by atoms with Crippen LogP contribution in [0.1, 0.15) is 49.8 Å². The Hall–Kier alpha value is -1.11. The smallest absolute Gasteiger partial charge is 0.388 e. The van der Waals surface area contributed by atoms with Crippen LogP contribution in [0, 0.1) is 0 Å². The molecule has 0 aromatic heterocycles. The summed E-state index contributed by atoms with van der Waals surface area (Å²) in [4.78, 5) is 0. The van der Waals surface area contributed by atoms with Crippen molar-refractivity contribution in [1.82, 2.24) is 5.32 Å². The maximum absolute atomic E-state index is 12.9. The van der Waals surface area contributed by atoms with Gasteiger partial charge in [-0.15, -0.1) is 0 Å². The molecule has 3 nitrogen and oxygen atoms in total. The third-order valence-electron chi connectivity index (χ3n) is 4.29. The van der Waals surface area contributed by atoms with Crippen LogP contribution >= 0.6 is 0 Å². The van der Waals surface area contributed by atoms with Crippen molar-refractivity contribution in [1.29, 1.82) is 0 Å². The molecule has 0 amide bonds. The molecule has 6 heteroatoms. The van der Waals surface area contributed by atoms with Crippen molar-refractivity contribution in [2.75, 3.05) is 19.8 Å². The number of rotatable bonds is 6. The zero-order valence-electron chi connectivity index (χ0n) is 13.3. The van der Waals surface area contributed by atoms with Crippen molar-refractivity contribution in [3.05, 3.63) is 35.4 Å². The summed E-state index contributed by atoms with van der Waals surface area (Å²) in [5.74, 6) is 0. The summed E-state index contributed by atoms with van der Waals surface area (Å²) in [7, 11) is 0. The second-order valence-corrected chi connectivity index (χ2v) is 6.18. The van der Waals surface area contributed by atoms with Gasteiger partial charge in [0.05, 0.1) is 11.2 Å². The number of halogens is 3. The van der Waals surface area contributed by atoms with Crippen LogP contribution in [-0.4, -0.2) is 30.5 Å². The van der Waals surface area contributed by atoms with Gasteiger partial charge in [0, 0.05) is 38.6 Å². The highest BCUT2D eigenvalue weighted by molar-refractivity contribution is 5.28. The van der Waals surface area contributed by atoms with E-state index in [0.717, 1.165) is 12.5 Å². The van der Waals surface area contributed by atoms with Crippen LogP contribution in [0.3, 0.4) is 0 Å². The molecule has 1 fully saturated rings. The van der Waals surface area contributed by atoms with Crippen LogP contribution in [0.15, 0.2) is 24.3 Å². The molecule has 0 bridgehead atoms. The fraction of sp³-hybridized carbons (Fsp3) is 0.647. The molecule has 1 aromatic carbocycles. The summed E-state index contributed by atoms with van der Waals surface area (Å²) < 4.78 is 43.9. The zero-order valence-corrected chi connectivity index (χ0v) is 13.3. The first-order chi connectivity index (χ1) is 10.8. The summed E-state index contributed by atoms with van der Waals surface area (Å²) in [6.45, 7) is 3.38. The van der Waals surface area contributed by atoms with E-state index in [1.807, 2.05) is 6.92 Å². The monoisotopic (exact) mass is 331 g/mol. The average Bonchev–Trinajstić information content (AvgIpc) is 2.51. The first-order valence-corrected chi connectivity index (χ1v) is 8.05. The Kier molecular flexibility index (Phi) is 6.06. The zero-order chi connectivity index (χ0) is 16.9. The van der Waals surface area contributed by atoms with Gasteiger partial charge in [0.2, 0.25) is 0 Å².